The molecule has 0 aliphatic carbocycles. The Morgan fingerprint density at radius 1 is 1.55 bits per heavy atom. The normalized spacial score (nSPS) is 19.9. The molecule has 1 saturated heterocycles. The zero-order chi connectivity index (χ0) is 14.7. The molecule has 7 heteroatoms. The molecule has 0 amide bonds. The fraction of sp³-hybridized carbons (Fsp3) is 0.462. The summed E-state index contributed by atoms with van der Waals surface area (Å²) in [5.74, 6) is -0.555. The van der Waals surface area contributed by atoms with Crippen LogP contribution in [0.25, 0.3) is 0 Å². The van der Waals surface area contributed by atoms with Gasteiger partial charge < -0.3 is 20.1 Å². The molecule has 1 aromatic rings. The first-order valence-electron chi connectivity index (χ1n) is 6.19. The number of ether oxygens (including phenoxy) is 2. The molecule has 0 saturated carbocycles. The third-order valence-corrected chi connectivity index (χ3v) is 3.81. The summed E-state index contributed by atoms with van der Waals surface area (Å²) in [4.78, 5) is 14.1. The Bertz CT molecular complexity index is 511. The van der Waals surface area contributed by atoms with Crippen molar-refractivity contribution < 1.29 is 14.3 Å². The van der Waals surface area contributed by atoms with E-state index >= 15 is 0 Å². The third kappa shape index (κ3) is 3.76. The average Bonchev–Trinajstić information content (AvgIpc) is 2.40. The van der Waals surface area contributed by atoms with E-state index in [9.17, 15) is 4.79 Å². The fourth-order valence-corrected chi connectivity index (χ4v) is 2.39. The lowest BCUT2D eigenvalue weighted by molar-refractivity contribution is -0.0528. The van der Waals surface area contributed by atoms with Crippen LogP contribution in [0.1, 0.15) is 10.4 Å². The van der Waals surface area contributed by atoms with Crippen LogP contribution < -0.4 is 5.73 Å². The zero-order valence-electron chi connectivity index (χ0n) is 11.1. The molecule has 1 aliphatic heterocycles. The van der Waals surface area contributed by atoms with Gasteiger partial charge in [-0.15, -0.1) is 0 Å². The minimum absolute atomic E-state index is 0.131. The summed E-state index contributed by atoms with van der Waals surface area (Å²) in [5, 5.41) is 0.375. The van der Waals surface area contributed by atoms with Crippen LogP contribution in [-0.4, -0.2) is 50.3 Å². The molecule has 1 aromatic carbocycles. The Morgan fingerprint density at radius 2 is 2.30 bits per heavy atom. The molecular formula is C13H16Cl2N2O3. The van der Waals surface area contributed by atoms with Crippen LogP contribution >= 0.6 is 23.2 Å². The standard InChI is InChI=1S/C13H16Cl2N2O3/c1-17-2-3-19-9(6-17)7-20-13(18)10-4-8(16)5-11(14)12(10)15/h4-5,9H,2-3,6-7,16H2,1H3. The Kier molecular flexibility index (Phi) is 5.10. The topological polar surface area (TPSA) is 64.8 Å². The van der Waals surface area contributed by atoms with Crippen molar-refractivity contribution in [3.8, 4) is 0 Å². The number of hydrogen-bond acceptors (Lipinski definition) is 5. The number of nitrogens with zero attached hydrogens (tertiary/aromatic N) is 1. The number of likely N-dealkylation sites (N-methyl/N-ethyl adjacent to an activating group) is 1. The van der Waals surface area contributed by atoms with Gasteiger partial charge in [0.2, 0.25) is 0 Å². The van der Waals surface area contributed by atoms with Crippen LogP contribution in [0.2, 0.25) is 10.0 Å². The van der Waals surface area contributed by atoms with Gasteiger partial charge >= 0.3 is 5.97 Å². The summed E-state index contributed by atoms with van der Waals surface area (Å²) < 4.78 is 10.7. The van der Waals surface area contributed by atoms with E-state index in [0.29, 0.717) is 12.3 Å². The number of carbonyl (C=O) groups excluding carboxylic acids is 1. The summed E-state index contributed by atoms with van der Waals surface area (Å²) in [6.45, 7) is 2.40. The van der Waals surface area contributed by atoms with Gasteiger partial charge in [0.1, 0.15) is 12.7 Å². The van der Waals surface area contributed by atoms with Gasteiger partial charge in [0.15, 0.2) is 0 Å². The Morgan fingerprint density at radius 3 is 3.00 bits per heavy atom. The zero-order valence-corrected chi connectivity index (χ0v) is 12.6. The van der Waals surface area contributed by atoms with Gasteiger partial charge in [-0.3, -0.25) is 0 Å². The van der Waals surface area contributed by atoms with E-state index in [1.54, 1.807) is 0 Å². The van der Waals surface area contributed by atoms with E-state index in [1.165, 1.54) is 12.1 Å². The number of halogens is 2. The highest BCUT2D eigenvalue weighted by Gasteiger charge is 2.21. The smallest absolute Gasteiger partial charge is 0.339 e. The maximum Gasteiger partial charge on any atom is 0.339 e. The minimum atomic E-state index is -0.555. The highest BCUT2D eigenvalue weighted by molar-refractivity contribution is 6.44. The first-order chi connectivity index (χ1) is 9.47. The van der Waals surface area contributed by atoms with Gasteiger partial charge in [-0.25, -0.2) is 4.79 Å². The molecule has 2 N–H and O–H groups in total. The number of anilines is 1. The maximum absolute atomic E-state index is 12.0. The van der Waals surface area contributed by atoms with E-state index in [4.69, 9.17) is 38.4 Å². The van der Waals surface area contributed by atoms with Crippen molar-refractivity contribution in [1.82, 2.24) is 4.90 Å². The lowest BCUT2D eigenvalue weighted by atomic mass is 10.2. The van der Waals surface area contributed by atoms with Crippen LogP contribution in [0.5, 0.6) is 0 Å². The van der Waals surface area contributed by atoms with Gasteiger partial charge in [-0.2, -0.15) is 0 Å². The average molecular weight is 319 g/mol. The van der Waals surface area contributed by atoms with Crippen molar-refractivity contribution in [2.75, 3.05) is 39.1 Å². The summed E-state index contributed by atoms with van der Waals surface area (Å²) >= 11 is 11.9. The number of carbonyl (C=O) groups is 1. The number of rotatable bonds is 3. The van der Waals surface area contributed by atoms with Crippen LogP contribution in [0.3, 0.4) is 0 Å². The van der Waals surface area contributed by atoms with Crippen LogP contribution in [0.15, 0.2) is 12.1 Å². The second-order valence-electron chi connectivity index (χ2n) is 4.72. The molecule has 0 radical (unpaired) electrons. The molecule has 0 spiro atoms. The summed E-state index contributed by atoms with van der Waals surface area (Å²) in [6, 6.07) is 2.93. The van der Waals surface area contributed by atoms with Crippen LogP contribution in [0, 0.1) is 0 Å². The maximum atomic E-state index is 12.0. The fourth-order valence-electron chi connectivity index (χ4n) is 1.97. The van der Waals surface area contributed by atoms with Crippen molar-refractivity contribution in [2.45, 2.75) is 6.10 Å². The predicted octanol–water partition coefficient (Wildman–Crippen LogP) is 2.06. The van der Waals surface area contributed by atoms with E-state index in [1.807, 2.05) is 7.05 Å². The van der Waals surface area contributed by atoms with Crippen LogP contribution in [-0.2, 0) is 9.47 Å². The molecule has 5 nitrogen and oxygen atoms in total. The quantitative estimate of drug-likeness (QED) is 0.682. The molecule has 1 aliphatic rings. The van der Waals surface area contributed by atoms with E-state index in [-0.39, 0.29) is 28.3 Å². The molecule has 1 heterocycles. The largest absolute Gasteiger partial charge is 0.459 e. The number of hydrogen-bond donors (Lipinski definition) is 1. The van der Waals surface area contributed by atoms with Gasteiger partial charge in [0, 0.05) is 18.8 Å². The first kappa shape index (κ1) is 15.4. The molecule has 1 atom stereocenters. The number of esters is 1. The highest BCUT2D eigenvalue weighted by Crippen LogP contribution is 2.29. The van der Waals surface area contributed by atoms with Gasteiger partial charge in [-0.1, -0.05) is 23.2 Å². The lowest BCUT2D eigenvalue weighted by Crippen LogP contribution is -2.42. The van der Waals surface area contributed by atoms with Crippen molar-refractivity contribution in [3.63, 3.8) is 0 Å². The van der Waals surface area contributed by atoms with Crippen molar-refractivity contribution in [3.05, 3.63) is 27.7 Å². The number of nitrogen functional groups attached to an aromatic ring is 1. The first-order valence-corrected chi connectivity index (χ1v) is 6.94. The monoisotopic (exact) mass is 318 g/mol. The van der Waals surface area contributed by atoms with E-state index in [2.05, 4.69) is 4.90 Å². The Labute approximate surface area is 127 Å². The Balaban J connectivity index is 1.98. The molecule has 110 valence electrons. The number of morpholine rings is 1. The molecular weight excluding hydrogens is 303 g/mol. The van der Waals surface area contributed by atoms with Crippen molar-refractivity contribution >= 4 is 34.9 Å². The molecule has 1 fully saturated rings. The van der Waals surface area contributed by atoms with E-state index in [0.717, 1.165) is 13.1 Å². The second-order valence-corrected chi connectivity index (χ2v) is 5.50. The number of benzene rings is 1. The summed E-state index contributed by atoms with van der Waals surface area (Å²) in [7, 11) is 1.99. The minimum Gasteiger partial charge on any atom is -0.459 e. The third-order valence-electron chi connectivity index (χ3n) is 3.01. The van der Waals surface area contributed by atoms with Crippen molar-refractivity contribution in [2.24, 2.45) is 0 Å². The van der Waals surface area contributed by atoms with Gasteiger partial charge in [-0.05, 0) is 19.2 Å². The molecule has 0 aromatic heterocycles. The number of nitrogens with two attached hydrogens (primary N) is 1. The predicted molar refractivity (Wildman–Crippen MR) is 78.4 cm³/mol. The summed E-state index contributed by atoms with van der Waals surface area (Å²) in [6.07, 6.45) is -0.131. The SMILES string of the molecule is CN1CCOC(COC(=O)c2cc(N)cc(Cl)c2Cl)C1. The van der Waals surface area contributed by atoms with Crippen LogP contribution in [0.4, 0.5) is 5.69 Å². The highest BCUT2D eigenvalue weighted by atomic mass is 35.5. The Hall–Kier alpha value is -1.01. The van der Waals surface area contributed by atoms with Crippen molar-refractivity contribution in [1.29, 1.82) is 0 Å². The molecule has 2 rings (SSSR count). The molecule has 20 heavy (non-hydrogen) atoms. The van der Waals surface area contributed by atoms with E-state index < -0.39 is 5.97 Å². The molecule has 1 unspecified atom stereocenters. The second kappa shape index (κ2) is 6.63. The lowest BCUT2D eigenvalue weighted by Gasteiger charge is -2.29. The summed E-state index contributed by atoms with van der Waals surface area (Å²) in [5.41, 5.74) is 6.17. The molecule has 0 bridgehead atoms. The van der Waals surface area contributed by atoms with Gasteiger partial charge in [0.05, 0.1) is 22.2 Å². The van der Waals surface area contributed by atoms with Gasteiger partial charge in [0.25, 0.3) is 0 Å².